The summed E-state index contributed by atoms with van der Waals surface area (Å²) in [6.45, 7) is 7.45. The smallest absolute Gasteiger partial charge is 0.336 e. The third-order valence-corrected chi connectivity index (χ3v) is 6.67. The highest BCUT2D eigenvalue weighted by Gasteiger charge is 2.48. The fourth-order valence-corrected chi connectivity index (χ4v) is 4.99. The van der Waals surface area contributed by atoms with Crippen LogP contribution in [0.15, 0.2) is 56.2 Å². The molecular weight excluding hydrogens is 450 g/mol. The van der Waals surface area contributed by atoms with Crippen LogP contribution in [-0.4, -0.2) is 31.4 Å². The first-order valence-electron chi connectivity index (χ1n) is 11.7. The van der Waals surface area contributed by atoms with Crippen molar-refractivity contribution in [2.24, 2.45) is 11.8 Å². The quantitative estimate of drug-likeness (QED) is 0.511. The van der Waals surface area contributed by atoms with Crippen LogP contribution in [0.5, 0.6) is 0 Å². The van der Waals surface area contributed by atoms with Gasteiger partial charge in [-0.1, -0.05) is 25.5 Å². The second kappa shape index (κ2) is 9.52. The van der Waals surface area contributed by atoms with Gasteiger partial charge in [-0.15, -0.1) is 0 Å². The predicted molar refractivity (Wildman–Crippen MR) is 128 cm³/mol. The van der Waals surface area contributed by atoms with E-state index < -0.39 is 29.6 Å². The van der Waals surface area contributed by atoms with Crippen molar-refractivity contribution < 1.29 is 28.3 Å². The number of hydrogen-bond acceptors (Lipinski definition) is 8. The molecule has 0 spiro atoms. The van der Waals surface area contributed by atoms with Crippen molar-refractivity contribution in [2.45, 2.75) is 46.5 Å². The summed E-state index contributed by atoms with van der Waals surface area (Å²) in [5.41, 5.74) is 2.51. The molecule has 2 heterocycles. The largest absolute Gasteiger partial charge is 0.468 e. The Balaban J connectivity index is 1.97. The fourth-order valence-electron chi connectivity index (χ4n) is 4.99. The monoisotopic (exact) mass is 479 g/mol. The van der Waals surface area contributed by atoms with Gasteiger partial charge < -0.3 is 19.2 Å². The molecule has 1 aliphatic carbocycles. The lowest BCUT2D eigenvalue weighted by Crippen LogP contribution is -2.44. The number of fused-ring (bicyclic) bond motifs is 1. The van der Waals surface area contributed by atoms with Crippen molar-refractivity contribution in [3.05, 3.63) is 68.4 Å². The second-order valence-corrected chi connectivity index (χ2v) is 9.19. The summed E-state index contributed by atoms with van der Waals surface area (Å²) in [5.74, 6) is -4.14. The highest BCUT2D eigenvalue weighted by atomic mass is 16.5. The number of methoxy groups -OCH3 is 1. The highest BCUT2D eigenvalue weighted by molar-refractivity contribution is 6.12. The van der Waals surface area contributed by atoms with Crippen molar-refractivity contribution in [1.82, 2.24) is 5.32 Å². The Bertz CT molecular complexity index is 1350. The molecule has 35 heavy (non-hydrogen) atoms. The molecule has 0 saturated carbocycles. The molecular formula is C27H29NO7. The van der Waals surface area contributed by atoms with E-state index >= 15 is 0 Å². The molecule has 0 amide bonds. The van der Waals surface area contributed by atoms with E-state index in [2.05, 4.69) is 5.32 Å². The van der Waals surface area contributed by atoms with E-state index in [0.717, 1.165) is 5.56 Å². The van der Waals surface area contributed by atoms with E-state index in [1.807, 2.05) is 19.9 Å². The number of ether oxygens (including phenoxy) is 2. The number of nitrogens with one attached hydrogen (secondary N) is 1. The number of carbonyl (C=O) groups is 3. The molecule has 0 saturated heterocycles. The number of rotatable bonds is 5. The van der Waals surface area contributed by atoms with Crippen LogP contribution in [0.4, 0.5) is 0 Å². The predicted octanol–water partition coefficient (Wildman–Crippen LogP) is 3.67. The maximum atomic E-state index is 13.8. The molecule has 1 aromatic heterocycles. The average molecular weight is 480 g/mol. The van der Waals surface area contributed by atoms with Crippen LogP contribution in [0.2, 0.25) is 0 Å². The molecule has 3 atom stereocenters. The highest BCUT2D eigenvalue weighted by Crippen LogP contribution is 2.45. The molecule has 8 nitrogen and oxygen atoms in total. The topological polar surface area (TPSA) is 112 Å². The zero-order valence-corrected chi connectivity index (χ0v) is 20.5. The van der Waals surface area contributed by atoms with Crippen LogP contribution in [0.3, 0.4) is 0 Å². The van der Waals surface area contributed by atoms with Crippen LogP contribution >= 0.6 is 0 Å². The van der Waals surface area contributed by atoms with Gasteiger partial charge in [-0.3, -0.25) is 14.4 Å². The molecule has 2 aliphatic rings. The molecule has 0 radical (unpaired) electrons. The summed E-state index contributed by atoms with van der Waals surface area (Å²) in [7, 11) is 1.24. The number of hydrogen-bond donors (Lipinski definition) is 1. The fraction of sp³-hybridized carbons (Fsp3) is 0.407. The Morgan fingerprint density at radius 1 is 1.20 bits per heavy atom. The standard InChI is InChI=1S/C27H29NO7/c1-6-9-34-27(32)21-15(4)28-18-11-14(3)20(26(31)33-5)25(30)23(18)22(21)17-12-35-19-8-7-13(2)10-16(19)24(17)29/h7-8,10,12,14,20,22,28H,6,9,11H2,1-5H3/t14-,20+,22-/m0/s1. The van der Waals surface area contributed by atoms with E-state index in [-0.39, 0.29) is 34.7 Å². The van der Waals surface area contributed by atoms with Gasteiger partial charge in [-0.25, -0.2) is 4.79 Å². The second-order valence-electron chi connectivity index (χ2n) is 9.19. The van der Waals surface area contributed by atoms with Gasteiger partial charge >= 0.3 is 11.9 Å². The summed E-state index contributed by atoms with van der Waals surface area (Å²) in [6.07, 6.45) is 2.30. The molecule has 8 heteroatoms. The Hall–Kier alpha value is -3.68. The number of Topliss-reactive ketones (excluding diaryl/α,β-unsaturated/α-hetero) is 1. The zero-order valence-electron chi connectivity index (χ0n) is 20.5. The first-order valence-corrected chi connectivity index (χ1v) is 11.7. The van der Waals surface area contributed by atoms with E-state index in [1.54, 1.807) is 26.0 Å². The van der Waals surface area contributed by atoms with Gasteiger partial charge in [0.2, 0.25) is 0 Å². The summed E-state index contributed by atoms with van der Waals surface area (Å²) in [4.78, 5) is 53.2. The molecule has 184 valence electrons. The third-order valence-electron chi connectivity index (χ3n) is 6.67. The average Bonchev–Trinajstić information content (AvgIpc) is 2.82. The number of ketones is 1. The number of aryl methyl sites for hydroxylation is 1. The molecule has 1 aromatic carbocycles. The lowest BCUT2D eigenvalue weighted by Gasteiger charge is -2.37. The van der Waals surface area contributed by atoms with E-state index in [0.29, 0.717) is 35.2 Å². The van der Waals surface area contributed by atoms with Gasteiger partial charge in [0.15, 0.2) is 11.2 Å². The zero-order chi connectivity index (χ0) is 25.4. The van der Waals surface area contributed by atoms with Gasteiger partial charge in [0.05, 0.1) is 36.9 Å². The summed E-state index contributed by atoms with van der Waals surface area (Å²) >= 11 is 0. The Morgan fingerprint density at radius 2 is 1.94 bits per heavy atom. The third kappa shape index (κ3) is 4.17. The van der Waals surface area contributed by atoms with Gasteiger partial charge in [0, 0.05) is 22.5 Å². The van der Waals surface area contributed by atoms with E-state index in [9.17, 15) is 19.2 Å². The number of carbonyl (C=O) groups excluding carboxylic acids is 3. The van der Waals surface area contributed by atoms with Crippen molar-refractivity contribution >= 4 is 28.7 Å². The first-order chi connectivity index (χ1) is 16.7. The van der Waals surface area contributed by atoms with Crippen LogP contribution < -0.4 is 10.7 Å². The Morgan fingerprint density at radius 3 is 2.63 bits per heavy atom. The van der Waals surface area contributed by atoms with Crippen molar-refractivity contribution in [3.8, 4) is 0 Å². The lowest BCUT2D eigenvalue weighted by atomic mass is 9.69. The maximum absolute atomic E-state index is 13.8. The van der Waals surface area contributed by atoms with Crippen molar-refractivity contribution in [1.29, 1.82) is 0 Å². The molecule has 2 aromatic rings. The van der Waals surface area contributed by atoms with Crippen molar-refractivity contribution in [2.75, 3.05) is 13.7 Å². The van der Waals surface area contributed by atoms with Crippen molar-refractivity contribution in [3.63, 3.8) is 0 Å². The minimum absolute atomic E-state index is 0.145. The minimum atomic E-state index is -1.04. The SMILES string of the molecule is CCCOC(=O)C1=C(C)NC2=C(C(=O)[C@H](C(=O)OC)[C@@H](C)C2)[C@H]1c1coc2ccc(C)cc2c1=O. The van der Waals surface area contributed by atoms with Gasteiger partial charge in [0.25, 0.3) is 0 Å². The Labute approximate surface area is 203 Å². The van der Waals surface area contributed by atoms with Crippen LogP contribution in [0, 0.1) is 18.8 Å². The Kier molecular flexibility index (Phi) is 6.65. The molecule has 1 N–H and O–H groups in total. The van der Waals surface area contributed by atoms with E-state index in [4.69, 9.17) is 13.9 Å². The van der Waals surface area contributed by atoms with Gasteiger partial charge in [0.1, 0.15) is 11.5 Å². The summed E-state index contributed by atoms with van der Waals surface area (Å²) < 4.78 is 16.1. The molecule has 0 unspecified atom stereocenters. The molecule has 0 fully saturated rings. The lowest BCUT2D eigenvalue weighted by molar-refractivity contribution is -0.151. The number of esters is 2. The van der Waals surface area contributed by atoms with E-state index in [1.165, 1.54) is 13.4 Å². The minimum Gasteiger partial charge on any atom is -0.468 e. The van der Waals surface area contributed by atoms with Crippen LogP contribution in [-0.2, 0) is 23.9 Å². The first kappa shape index (κ1) is 24.4. The number of benzene rings is 1. The molecule has 4 rings (SSSR count). The van der Waals surface area contributed by atoms with Crippen LogP contribution in [0.1, 0.15) is 50.7 Å². The maximum Gasteiger partial charge on any atom is 0.336 e. The van der Waals surface area contributed by atoms with Crippen LogP contribution in [0.25, 0.3) is 11.0 Å². The van der Waals surface area contributed by atoms with Gasteiger partial charge in [-0.2, -0.15) is 0 Å². The van der Waals surface area contributed by atoms with Gasteiger partial charge in [-0.05, 0) is 44.7 Å². The summed E-state index contributed by atoms with van der Waals surface area (Å²) in [5, 5.41) is 3.53. The normalized spacial score (nSPS) is 22.1. The number of dihydropyridines is 1. The molecule has 1 aliphatic heterocycles. The molecule has 0 bridgehead atoms. The number of allylic oxidation sites excluding steroid dienone is 3. The summed E-state index contributed by atoms with van der Waals surface area (Å²) in [6, 6.07) is 5.26.